The number of esters is 1. The summed E-state index contributed by atoms with van der Waals surface area (Å²) in [5.74, 6) is -0.152. The van der Waals surface area contributed by atoms with Crippen molar-refractivity contribution in [3.05, 3.63) is 23.3 Å². The summed E-state index contributed by atoms with van der Waals surface area (Å²) in [6.07, 6.45) is 4.72. The van der Waals surface area contributed by atoms with Crippen LogP contribution < -0.4 is 0 Å². The molecule has 3 nitrogen and oxygen atoms in total. The van der Waals surface area contributed by atoms with Gasteiger partial charge < -0.3 is 4.74 Å². The van der Waals surface area contributed by atoms with Crippen molar-refractivity contribution in [1.82, 2.24) is 0 Å². The van der Waals surface area contributed by atoms with Gasteiger partial charge in [0.25, 0.3) is 0 Å². The lowest BCUT2D eigenvalue weighted by molar-refractivity contribution is -0.153. The summed E-state index contributed by atoms with van der Waals surface area (Å²) in [6.45, 7) is 5.45. The average Bonchev–Trinajstić information content (AvgIpc) is 2.71. The second-order valence-electron chi connectivity index (χ2n) is 4.72. The second kappa shape index (κ2) is 3.48. The molecule has 0 heterocycles. The van der Waals surface area contributed by atoms with E-state index in [0.29, 0.717) is 6.42 Å². The Hall–Kier alpha value is -1.56. The predicted molar refractivity (Wildman–Crippen MR) is 59.2 cm³/mol. The molecule has 3 unspecified atom stereocenters. The Labute approximate surface area is 95.4 Å². The van der Waals surface area contributed by atoms with Crippen LogP contribution in [-0.4, -0.2) is 11.6 Å². The summed E-state index contributed by atoms with van der Waals surface area (Å²) in [6, 6.07) is 2.20. The van der Waals surface area contributed by atoms with Gasteiger partial charge >= 0.3 is 5.97 Å². The van der Waals surface area contributed by atoms with Gasteiger partial charge in [0.05, 0.1) is 5.92 Å². The Bertz CT molecular complexity index is 437. The molecule has 0 aromatic rings. The van der Waals surface area contributed by atoms with Crippen LogP contribution >= 0.6 is 0 Å². The van der Waals surface area contributed by atoms with E-state index >= 15 is 0 Å². The minimum atomic E-state index is -0.960. The van der Waals surface area contributed by atoms with E-state index in [0.717, 1.165) is 0 Å². The largest absolute Gasteiger partial charge is 0.443 e. The van der Waals surface area contributed by atoms with Gasteiger partial charge in [0.1, 0.15) is 6.07 Å². The number of nitrogens with zero attached hydrogens (tertiary/aromatic N) is 1. The van der Waals surface area contributed by atoms with E-state index in [-0.39, 0.29) is 17.8 Å². The highest BCUT2D eigenvalue weighted by Crippen LogP contribution is 2.52. The van der Waals surface area contributed by atoms with E-state index < -0.39 is 5.60 Å². The molecular weight excluding hydrogens is 202 g/mol. The molecule has 0 radical (unpaired) electrons. The van der Waals surface area contributed by atoms with Crippen molar-refractivity contribution < 1.29 is 9.53 Å². The number of ether oxygens (including phenoxy) is 1. The molecule has 16 heavy (non-hydrogen) atoms. The molecule has 1 fully saturated rings. The predicted octanol–water partition coefficient (Wildman–Crippen LogP) is 2.35. The fourth-order valence-electron chi connectivity index (χ4n) is 2.90. The third-order valence-corrected chi connectivity index (χ3v) is 3.39. The number of rotatable bonds is 1. The van der Waals surface area contributed by atoms with Gasteiger partial charge in [-0.25, -0.2) is 0 Å². The molecule has 3 heteroatoms. The minimum absolute atomic E-state index is 0.0450. The van der Waals surface area contributed by atoms with Gasteiger partial charge in [0, 0.05) is 19.3 Å². The Morgan fingerprint density at radius 3 is 2.62 bits per heavy atom. The highest BCUT2D eigenvalue weighted by atomic mass is 16.6. The maximum absolute atomic E-state index is 11.1. The molecule has 0 aromatic heterocycles. The standard InChI is InChI=1S/C13H15NO2/c1-8(2)12-10-4-5-11(12)13(6-10,7-14)16-9(3)15/h4-5,10-11H,6H2,1-3H3. The van der Waals surface area contributed by atoms with Gasteiger partial charge in [-0.3, -0.25) is 4.79 Å². The van der Waals surface area contributed by atoms with Crippen LogP contribution in [0.5, 0.6) is 0 Å². The maximum atomic E-state index is 11.1. The number of fused-ring (bicyclic) bond motifs is 2. The van der Waals surface area contributed by atoms with Crippen LogP contribution in [0.2, 0.25) is 0 Å². The molecule has 0 aliphatic heterocycles. The molecule has 2 bridgehead atoms. The average molecular weight is 217 g/mol. The SMILES string of the molecule is CC(=O)OC1(C#N)CC2C=CC1C2=C(C)C. The molecule has 0 saturated heterocycles. The van der Waals surface area contributed by atoms with Gasteiger partial charge in [0.2, 0.25) is 5.60 Å². The van der Waals surface area contributed by atoms with E-state index in [1.165, 1.54) is 18.1 Å². The summed E-state index contributed by atoms with van der Waals surface area (Å²) < 4.78 is 5.28. The van der Waals surface area contributed by atoms with Crippen LogP contribution in [0.15, 0.2) is 23.3 Å². The molecule has 3 atom stereocenters. The van der Waals surface area contributed by atoms with Gasteiger partial charge in [-0.2, -0.15) is 5.26 Å². The van der Waals surface area contributed by atoms with Crippen molar-refractivity contribution in [3.63, 3.8) is 0 Å². The summed E-state index contributed by atoms with van der Waals surface area (Å²) in [4.78, 5) is 11.1. The molecule has 84 valence electrons. The number of allylic oxidation sites excluding steroid dienone is 2. The third-order valence-electron chi connectivity index (χ3n) is 3.39. The lowest BCUT2D eigenvalue weighted by Gasteiger charge is -2.27. The molecule has 2 aliphatic rings. The van der Waals surface area contributed by atoms with Crippen molar-refractivity contribution in [2.24, 2.45) is 11.8 Å². The van der Waals surface area contributed by atoms with Gasteiger partial charge in [-0.1, -0.05) is 23.3 Å². The number of hydrogen-bond donors (Lipinski definition) is 0. The van der Waals surface area contributed by atoms with Gasteiger partial charge in [-0.05, 0) is 13.8 Å². The highest BCUT2D eigenvalue weighted by Gasteiger charge is 2.55. The quantitative estimate of drug-likeness (QED) is 0.500. The van der Waals surface area contributed by atoms with Crippen LogP contribution in [-0.2, 0) is 9.53 Å². The van der Waals surface area contributed by atoms with Crippen molar-refractivity contribution in [2.75, 3.05) is 0 Å². The molecular formula is C13H15NO2. The van der Waals surface area contributed by atoms with Crippen LogP contribution in [0, 0.1) is 23.2 Å². The third kappa shape index (κ3) is 1.37. The first-order valence-electron chi connectivity index (χ1n) is 5.46. The fraction of sp³-hybridized carbons (Fsp3) is 0.538. The maximum Gasteiger partial charge on any atom is 0.304 e. The van der Waals surface area contributed by atoms with E-state index in [4.69, 9.17) is 4.74 Å². The van der Waals surface area contributed by atoms with Crippen molar-refractivity contribution >= 4 is 5.97 Å². The zero-order valence-corrected chi connectivity index (χ0v) is 9.78. The molecule has 2 rings (SSSR count). The van der Waals surface area contributed by atoms with Crippen molar-refractivity contribution in [3.8, 4) is 6.07 Å². The highest BCUT2D eigenvalue weighted by molar-refractivity contribution is 5.68. The minimum Gasteiger partial charge on any atom is -0.443 e. The van der Waals surface area contributed by atoms with E-state index in [1.54, 1.807) is 0 Å². The second-order valence-corrected chi connectivity index (χ2v) is 4.72. The fourth-order valence-corrected chi connectivity index (χ4v) is 2.90. The smallest absolute Gasteiger partial charge is 0.304 e. The topological polar surface area (TPSA) is 50.1 Å². The number of carbonyl (C=O) groups excluding carboxylic acids is 1. The van der Waals surface area contributed by atoms with E-state index in [1.807, 2.05) is 19.9 Å². The Morgan fingerprint density at radius 1 is 1.50 bits per heavy atom. The lowest BCUT2D eigenvalue weighted by Crippen LogP contribution is -2.37. The summed E-state index contributed by atoms with van der Waals surface area (Å²) in [5.41, 5.74) is 1.52. The normalized spacial score (nSPS) is 35.0. The van der Waals surface area contributed by atoms with E-state index in [9.17, 15) is 10.1 Å². The van der Waals surface area contributed by atoms with Gasteiger partial charge in [0.15, 0.2) is 0 Å². The van der Waals surface area contributed by atoms with Crippen LogP contribution in [0.1, 0.15) is 27.2 Å². The number of nitriles is 1. The summed E-state index contributed by atoms with van der Waals surface area (Å²) in [5, 5.41) is 9.30. The molecule has 0 spiro atoms. The molecule has 2 aliphatic carbocycles. The lowest BCUT2D eigenvalue weighted by atomic mass is 9.88. The first-order valence-corrected chi connectivity index (χ1v) is 5.46. The summed E-state index contributed by atoms with van der Waals surface area (Å²) in [7, 11) is 0. The summed E-state index contributed by atoms with van der Waals surface area (Å²) >= 11 is 0. The van der Waals surface area contributed by atoms with Gasteiger partial charge in [-0.15, -0.1) is 0 Å². The zero-order valence-electron chi connectivity index (χ0n) is 9.78. The van der Waals surface area contributed by atoms with Crippen molar-refractivity contribution in [1.29, 1.82) is 5.26 Å². The van der Waals surface area contributed by atoms with Crippen LogP contribution in [0.4, 0.5) is 0 Å². The molecule has 0 amide bonds. The Morgan fingerprint density at radius 2 is 2.19 bits per heavy atom. The first-order chi connectivity index (χ1) is 7.50. The van der Waals surface area contributed by atoms with Crippen LogP contribution in [0.3, 0.4) is 0 Å². The van der Waals surface area contributed by atoms with Crippen LogP contribution in [0.25, 0.3) is 0 Å². The van der Waals surface area contributed by atoms with E-state index in [2.05, 4.69) is 12.1 Å². The number of hydrogen-bond acceptors (Lipinski definition) is 3. The first kappa shape index (κ1) is 10.9. The molecule has 1 saturated carbocycles. The molecule has 0 N–H and O–H groups in total. The number of carbonyl (C=O) groups is 1. The van der Waals surface area contributed by atoms with Crippen molar-refractivity contribution in [2.45, 2.75) is 32.8 Å². The zero-order chi connectivity index (χ0) is 11.9. The molecule has 0 aromatic carbocycles. The monoisotopic (exact) mass is 217 g/mol. The Kier molecular flexibility index (Phi) is 2.38. The Balaban J connectivity index is 2.41.